The van der Waals surface area contributed by atoms with Gasteiger partial charge < -0.3 is 15.3 Å². The Bertz CT molecular complexity index is 739. The molecule has 3 rings (SSSR count). The van der Waals surface area contributed by atoms with Gasteiger partial charge in [0.1, 0.15) is 11.6 Å². The largest absolute Gasteiger partial charge is 0.396 e. The molecule has 7 nitrogen and oxygen atoms in total. The second kappa shape index (κ2) is 7.65. The molecule has 0 radical (unpaired) electrons. The molecule has 1 saturated carbocycles. The predicted octanol–water partition coefficient (Wildman–Crippen LogP) is 2.65. The minimum atomic E-state index is -0.0950. The van der Waals surface area contributed by atoms with Crippen molar-refractivity contribution in [2.45, 2.75) is 45.6 Å². The van der Waals surface area contributed by atoms with Gasteiger partial charge in [0.05, 0.1) is 11.4 Å². The van der Waals surface area contributed by atoms with Crippen molar-refractivity contribution in [1.82, 2.24) is 19.7 Å². The van der Waals surface area contributed by atoms with E-state index in [9.17, 15) is 4.79 Å². The number of aliphatic hydroxyl groups excluding tert-OH is 1. The molecule has 0 aliphatic heterocycles. The van der Waals surface area contributed by atoms with Gasteiger partial charge in [-0.05, 0) is 51.7 Å². The van der Waals surface area contributed by atoms with Crippen LogP contribution in [-0.2, 0) is 0 Å². The van der Waals surface area contributed by atoms with Gasteiger partial charge in [-0.3, -0.25) is 0 Å². The molecule has 1 aliphatic rings. The molecule has 1 fully saturated rings. The fourth-order valence-electron chi connectivity index (χ4n) is 2.93. The molecular weight excluding hydrogens is 318 g/mol. The van der Waals surface area contributed by atoms with Crippen LogP contribution in [-0.4, -0.2) is 50.0 Å². The molecule has 1 aromatic heterocycles. The lowest BCUT2D eigenvalue weighted by atomic mass is 10.2. The monoisotopic (exact) mass is 343 g/mol. The van der Waals surface area contributed by atoms with Crippen molar-refractivity contribution >= 4 is 11.7 Å². The number of nitrogens with one attached hydrogen (secondary N) is 1. The lowest BCUT2D eigenvalue weighted by Crippen LogP contribution is -2.37. The number of carbonyl (C=O) groups excluding carboxylic acids is 1. The molecule has 1 aromatic carbocycles. The second-order valence-corrected chi connectivity index (χ2v) is 6.42. The average molecular weight is 343 g/mol. The Hall–Kier alpha value is -2.41. The first kappa shape index (κ1) is 17.4. The predicted molar refractivity (Wildman–Crippen MR) is 95.9 cm³/mol. The molecule has 0 atom stereocenters. The highest BCUT2D eigenvalue weighted by Crippen LogP contribution is 2.28. The molecule has 1 aliphatic carbocycles. The number of para-hydroxylation sites is 2. The number of carbonyl (C=O) groups is 1. The summed E-state index contributed by atoms with van der Waals surface area (Å²) in [5, 5.41) is 16.4. The maximum atomic E-state index is 12.8. The Morgan fingerprint density at radius 2 is 2.08 bits per heavy atom. The molecule has 0 unspecified atom stereocenters. The van der Waals surface area contributed by atoms with Crippen molar-refractivity contribution in [3.8, 4) is 5.69 Å². The van der Waals surface area contributed by atoms with Crippen molar-refractivity contribution in [1.29, 1.82) is 0 Å². The highest BCUT2D eigenvalue weighted by molar-refractivity contribution is 5.92. The highest BCUT2D eigenvalue weighted by atomic mass is 16.3. The zero-order chi connectivity index (χ0) is 17.8. The van der Waals surface area contributed by atoms with E-state index < -0.39 is 0 Å². The maximum absolute atomic E-state index is 12.8. The highest BCUT2D eigenvalue weighted by Gasteiger charge is 2.32. The third-order valence-electron chi connectivity index (χ3n) is 4.30. The summed E-state index contributed by atoms with van der Waals surface area (Å²) in [6, 6.07) is 7.84. The van der Waals surface area contributed by atoms with Crippen LogP contribution in [0.2, 0.25) is 0 Å². The van der Waals surface area contributed by atoms with Gasteiger partial charge >= 0.3 is 6.03 Å². The molecule has 25 heavy (non-hydrogen) atoms. The summed E-state index contributed by atoms with van der Waals surface area (Å²) in [6.07, 6.45) is 3.62. The SMILES string of the molecule is Cc1nc(C)n(-c2ccccc2NC(=O)N(CCCCO)C2CC2)n1. The third-order valence-corrected chi connectivity index (χ3v) is 4.30. The number of unbranched alkanes of at least 4 members (excludes halogenated alkanes) is 1. The van der Waals surface area contributed by atoms with Crippen LogP contribution in [0.5, 0.6) is 0 Å². The van der Waals surface area contributed by atoms with Crippen molar-refractivity contribution in [3.63, 3.8) is 0 Å². The first-order chi connectivity index (χ1) is 12.1. The van der Waals surface area contributed by atoms with E-state index in [0.29, 0.717) is 30.5 Å². The fraction of sp³-hybridized carbons (Fsp3) is 0.500. The molecule has 2 aromatic rings. The molecule has 2 amide bonds. The van der Waals surface area contributed by atoms with Gasteiger partial charge in [0, 0.05) is 19.2 Å². The van der Waals surface area contributed by atoms with Gasteiger partial charge in [-0.25, -0.2) is 14.5 Å². The average Bonchev–Trinajstić information content (AvgIpc) is 3.36. The molecule has 2 N–H and O–H groups in total. The number of benzene rings is 1. The van der Waals surface area contributed by atoms with Gasteiger partial charge in [-0.2, -0.15) is 5.10 Å². The number of anilines is 1. The molecule has 7 heteroatoms. The lowest BCUT2D eigenvalue weighted by Gasteiger charge is -2.23. The van der Waals surface area contributed by atoms with Crippen LogP contribution < -0.4 is 5.32 Å². The summed E-state index contributed by atoms with van der Waals surface area (Å²) in [6.45, 7) is 4.57. The number of nitrogens with zero attached hydrogens (tertiary/aromatic N) is 4. The Morgan fingerprint density at radius 3 is 2.72 bits per heavy atom. The van der Waals surface area contributed by atoms with Crippen LogP contribution in [0.25, 0.3) is 5.69 Å². The summed E-state index contributed by atoms with van der Waals surface area (Å²) in [5.41, 5.74) is 1.52. The van der Waals surface area contributed by atoms with E-state index in [1.54, 1.807) is 4.68 Å². The summed E-state index contributed by atoms with van der Waals surface area (Å²) < 4.78 is 1.75. The summed E-state index contributed by atoms with van der Waals surface area (Å²) in [7, 11) is 0. The van der Waals surface area contributed by atoms with Gasteiger partial charge in [0.2, 0.25) is 0 Å². The minimum absolute atomic E-state index is 0.0950. The number of urea groups is 1. The van der Waals surface area contributed by atoms with E-state index in [2.05, 4.69) is 15.4 Å². The first-order valence-corrected chi connectivity index (χ1v) is 8.78. The number of aromatic nitrogens is 3. The summed E-state index contributed by atoms with van der Waals surface area (Å²) >= 11 is 0. The van der Waals surface area contributed by atoms with E-state index in [4.69, 9.17) is 5.11 Å². The van der Waals surface area contributed by atoms with Crippen molar-refractivity contribution in [3.05, 3.63) is 35.9 Å². The van der Waals surface area contributed by atoms with Gasteiger partial charge in [0.15, 0.2) is 0 Å². The van der Waals surface area contributed by atoms with E-state index in [1.165, 1.54) is 0 Å². The zero-order valence-corrected chi connectivity index (χ0v) is 14.8. The lowest BCUT2D eigenvalue weighted by molar-refractivity contribution is 0.204. The summed E-state index contributed by atoms with van der Waals surface area (Å²) in [5.74, 6) is 1.48. The molecule has 134 valence electrons. The molecule has 0 spiro atoms. The standard InChI is InChI=1S/C18H25N5O2/c1-13-19-14(2)23(21-13)17-8-4-3-7-16(17)20-18(25)22(15-9-10-15)11-5-6-12-24/h3-4,7-8,15,24H,5-6,9-12H2,1-2H3,(H,20,25). The minimum Gasteiger partial charge on any atom is -0.396 e. The Kier molecular flexibility index (Phi) is 5.33. The van der Waals surface area contributed by atoms with Crippen LogP contribution in [0.15, 0.2) is 24.3 Å². The number of rotatable bonds is 7. The fourth-order valence-corrected chi connectivity index (χ4v) is 2.93. The quantitative estimate of drug-likeness (QED) is 0.757. The number of hydrogen-bond acceptors (Lipinski definition) is 4. The van der Waals surface area contributed by atoms with Crippen molar-refractivity contribution in [2.75, 3.05) is 18.5 Å². The third kappa shape index (κ3) is 4.17. The van der Waals surface area contributed by atoms with E-state index >= 15 is 0 Å². The molecule has 0 saturated heterocycles. The number of aliphatic hydroxyl groups is 1. The van der Waals surface area contributed by atoms with Gasteiger partial charge in [-0.1, -0.05) is 12.1 Å². The number of aryl methyl sites for hydroxylation is 2. The van der Waals surface area contributed by atoms with Gasteiger partial charge in [-0.15, -0.1) is 0 Å². The van der Waals surface area contributed by atoms with Crippen LogP contribution in [0.3, 0.4) is 0 Å². The van der Waals surface area contributed by atoms with Crippen molar-refractivity contribution < 1.29 is 9.90 Å². The van der Waals surface area contributed by atoms with Crippen LogP contribution >= 0.6 is 0 Å². The second-order valence-electron chi connectivity index (χ2n) is 6.42. The van der Waals surface area contributed by atoms with Crippen LogP contribution in [0, 0.1) is 13.8 Å². The molecule has 0 bridgehead atoms. The maximum Gasteiger partial charge on any atom is 0.322 e. The molecule has 1 heterocycles. The Labute approximate surface area is 147 Å². The Morgan fingerprint density at radius 1 is 1.32 bits per heavy atom. The summed E-state index contributed by atoms with van der Waals surface area (Å²) in [4.78, 5) is 19.0. The van der Waals surface area contributed by atoms with Crippen molar-refractivity contribution in [2.24, 2.45) is 0 Å². The number of amides is 2. The van der Waals surface area contributed by atoms with Crippen LogP contribution in [0.1, 0.15) is 37.3 Å². The zero-order valence-electron chi connectivity index (χ0n) is 14.8. The Balaban J connectivity index is 1.78. The van der Waals surface area contributed by atoms with E-state index in [1.807, 2.05) is 43.0 Å². The first-order valence-electron chi connectivity index (χ1n) is 8.78. The number of hydrogen-bond donors (Lipinski definition) is 2. The van der Waals surface area contributed by atoms with Gasteiger partial charge in [0.25, 0.3) is 0 Å². The van der Waals surface area contributed by atoms with E-state index in [0.717, 1.165) is 30.8 Å². The normalized spacial score (nSPS) is 13.7. The molecular formula is C18H25N5O2. The van der Waals surface area contributed by atoms with E-state index in [-0.39, 0.29) is 12.6 Å². The topological polar surface area (TPSA) is 83.3 Å². The van der Waals surface area contributed by atoms with Crippen LogP contribution in [0.4, 0.5) is 10.5 Å². The smallest absolute Gasteiger partial charge is 0.322 e.